The Hall–Kier alpha value is -2.13. The molecule has 0 saturated carbocycles. The molecule has 0 fully saturated rings. The number of nitrogens with zero attached hydrogens (tertiary/aromatic N) is 3. The van der Waals surface area contributed by atoms with E-state index in [9.17, 15) is 10.1 Å². The molecule has 1 aromatic heterocycles. The minimum atomic E-state index is -0.289. The SMILES string of the molecule is CCNC(=O)c1cnn(-c2ccc(Br)cc2)c1C#N. The monoisotopic (exact) mass is 318 g/mol. The lowest BCUT2D eigenvalue weighted by molar-refractivity contribution is 0.0955. The zero-order chi connectivity index (χ0) is 13.8. The second kappa shape index (κ2) is 5.67. The predicted octanol–water partition coefficient (Wildman–Crippen LogP) is 2.26. The summed E-state index contributed by atoms with van der Waals surface area (Å²) < 4.78 is 2.39. The first kappa shape index (κ1) is 13.3. The molecule has 0 aliphatic carbocycles. The summed E-state index contributed by atoms with van der Waals surface area (Å²) in [7, 11) is 0. The molecule has 0 saturated heterocycles. The van der Waals surface area contributed by atoms with Crippen molar-refractivity contribution in [2.75, 3.05) is 6.54 Å². The first-order valence-electron chi connectivity index (χ1n) is 5.69. The van der Waals surface area contributed by atoms with Crippen LogP contribution in [0.5, 0.6) is 0 Å². The third-order valence-corrected chi connectivity index (χ3v) is 3.06. The van der Waals surface area contributed by atoms with Gasteiger partial charge in [0.1, 0.15) is 6.07 Å². The van der Waals surface area contributed by atoms with Crippen molar-refractivity contribution < 1.29 is 4.79 Å². The molecule has 0 bridgehead atoms. The van der Waals surface area contributed by atoms with E-state index in [0.717, 1.165) is 10.2 Å². The number of amides is 1. The van der Waals surface area contributed by atoms with Crippen molar-refractivity contribution >= 4 is 21.8 Å². The maximum Gasteiger partial charge on any atom is 0.255 e. The molecular weight excluding hydrogens is 308 g/mol. The molecule has 0 unspecified atom stereocenters. The Morgan fingerprint density at radius 1 is 1.47 bits per heavy atom. The van der Waals surface area contributed by atoms with Gasteiger partial charge < -0.3 is 5.32 Å². The second-order valence-corrected chi connectivity index (χ2v) is 4.68. The lowest BCUT2D eigenvalue weighted by atomic mass is 10.2. The second-order valence-electron chi connectivity index (χ2n) is 3.77. The fourth-order valence-electron chi connectivity index (χ4n) is 1.66. The molecule has 0 spiro atoms. The van der Waals surface area contributed by atoms with E-state index in [0.29, 0.717) is 6.54 Å². The number of aromatic nitrogens is 2. The minimum Gasteiger partial charge on any atom is -0.352 e. The van der Waals surface area contributed by atoms with Crippen molar-refractivity contribution in [3.8, 4) is 11.8 Å². The van der Waals surface area contributed by atoms with Gasteiger partial charge in [-0.2, -0.15) is 10.4 Å². The van der Waals surface area contributed by atoms with Crippen molar-refractivity contribution in [2.24, 2.45) is 0 Å². The summed E-state index contributed by atoms with van der Waals surface area (Å²) in [6.07, 6.45) is 1.41. The third kappa shape index (κ3) is 2.66. The third-order valence-electron chi connectivity index (χ3n) is 2.53. The Kier molecular flexibility index (Phi) is 3.97. The van der Waals surface area contributed by atoms with Gasteiger partial charge in [-0.25, -0.2) is 4.68 Å². The van der Waals surface area contributed by atoms with Crippen molar-refractivity contribution in [3.63, 3.8) is 0 Å². The first-order chi connectivity index (χ1) is 9.17. The van der Waals surface area contributed by atoms with Gasteiger partial charge in [-0.15, -0.1) is 0 Å². The van der Waals surface area contributed by atoms with Crippen molar-refractivity contribution in [3.05, 3.63) is 46.2 Å². The van der Waals surface area contributed by atoms with Crippen LogP contribution in [0.3, 0.4) is 0 Å². The van der Waals surface area contributed by atoms with Crippen LogP contribution in [0.1, 0.15) is 23.0 Å². The highest BCUT2D eigenvalue weighted by atomic mass is 79.9. The average molecular weight is 319 g/mol. The summed E-state index contributed by atoms with van der Waals surface area (Å²) in [5, 5.41) is 16.0. The van der Waals surface area contributed by atoms with E-state index in [-0.39, 0.29) is 17.2 Å². The Morgan fingerprint density at radius 3 is 2.74 bits per heavy atom. The van der Waals surface area contributed by atoms with Gasteiger partial charge in [0, 0.05) is 11.0 Å². The largest absolute Gasteiger partial charge is 0.352 e. The summed E-state index contributed by atoms with van der Waals surface area (Å²) >= 11 is 3.34. The standard InChI is InChI=1S/C13H11BrN4O/c1-2-16-13(19)11-8-17-18(12(11)7-15)10-5-3-9(14)4-6-10/h3-6,8H,2H2,1H3,(H,16,19). The number of halogens is 1. The van der Waals surface area contributed by atoms with Crippen molar-refractivity contribution in [1.29, 1.82) is 5.26 Å². The molecule has 2 rings (SSSR count). The molecule has 6 heteroatoms. The number of carbonyl (C=O) groups excluding carboxylic acids is 1. The lowest BCUT2D eigenvalue weighted by Crippen LogP contribution is -2.23. The van der Waals surface area contributed by atoms with Crippen LogP contribution in [0.15, 0.2) is 34.9 Å². The molecular formula is C13H11BrN4O. The van der Waals surface area contributed by atoms with E-state index in [2.05, 4.69) is 26.3 Å². The Bertz CT molecular complexity index is 640. The van der Waals surface area contributed by atoms with E-state index in [1.165, 1.54) is 10.9 Å². The summed E-state index contributed by atoms with van der Waals surface area (Å²) in [6.45, 7) is 2.33. The van der Waals surface area contributed by atoms with E-state index in [1.807, 2.05) is 37.3 Å². The van der Waals surface area contributed by atoms with Crippen molar-refractivity contribution in [2.45, 2.75) is 6.92 Å². The summed E-state index contributed by atoms with van der Waals surface area (Å²) in [5.41, 5.74) is 1.25. The molecule has 19 heavy (non-hydrogen) atoms. The molecule has 2 aromatic rings. The zero-order valence-corrected chi connectivity index (χ0v) is 11.8. The van der Waals surface area contributed by atoms with E-state index < -0.39 is 0 Å². The van der Waals surface area contributed by atoms with Crippen LogP contribution in [-0.4, -0.2) is 22.2 Å². The normalized spacial score (nSPS) is 9.95. The smallest absolute Gasteiger partial charge is 0.255 e. The number of benzene rings is 1. The Balaban J connectivity index is 2.46. The highest BCUT2D eigenvalue weighted by molar-refractivity contribution is 9.10. The van der Waals surface area contributed by atoms with Crippen LogP contribution in [0.25, 0.3) is 5.69 Å². The van der Waals surface area contributed by atoms with Gasteiger partial charge in [0.25, 0.3) is 5.91 Å². The molecule has 1 amide bonds. The quantitative estimate of drug-likeness (QED) is 0.943. The van der Waals surface area contributed by atoms with Gasteiger partial charge in [-0.05, 0) is 31.2 Å². The van der Waals surface area contributed by atoms with Gasteiger partial charge in [-0.1, -0.05) is 15.9 Å². The Labute approximate surface area is 119 Å². The van der Waals surface area contributed by atoms with Crippen molar-refractivity contribution in [1.82, 2.24) is 15.1 Å². The molecule has 0 aliphatic rings. The molecule has 0 radical (unpaired) electrons. The Morgan fingerprint density at radius 2 is 2.16 bits per heavy atom. The van der Waals surface area contributed by atoms with E-state index in [1.54, 1.807) is 0 Å². The molecule has 1 heterocycles. The van der Waals surface area contributed by atoms with E-state index >= 15 is 0 Å². The van der Waals surface area contributed by atoms with Crippen LogP contribution in [0.2, 0.25) is 0 Å². The summed E-state index contributed by atoms with van der Waals surface area (Å²) in [6, 6.07) is 9.36. The highest BCUT2D eigenvalue weighted by Gasteiger charge is 2.17. The lowest BCUT2D eigenvalue weighted by Gasteiger charge is -2.04. The fourth-order valence-corrected chi connectivity index (χ4v) is 1.92. The highest BCUT2D eigenvalue weighted by Crippen LogP contribution is 2.17. The number of carbonyl (C=O) groups is 1. The van der Waals surface area contributed by atoms with Crippen LogP contribution in [0, 0.1) is 11.3 Å². The average Bonchev–Trinajstić information content (AvgIpc) is 2.83. The molecule has 0 atom stereocenters. The van der Waals surface area contributed by atoms with Crippen LogP contribution in [-0.2, 0) is 0 Å². The topological polar surface area (TPSA) is 70.7 Å². The van der Waals surface area contributed by atoms with Crippen LogP contribution in [0.4, 0.5) is 0 Å². The van der Waals surface area contributed by atoms with Crippen LogP contribution >= 0.6 is 15.9 Å². The molecule has 5 nitrogen and oxygen atoms in total. The van der Waals surface area contributed by atoms with Gasteiger partial charge in [0.15, 0.2) is 5.69 Å². The summed E-state index contributed by atoms with van der Waals surface area (Å²) in [4.78, 5) is 11.8. The van der Waals surface area contributed by atoms with Gasteiger partial charge in [0.2, 0.25) is 0 Å². The molecule has 1 N–H and O–H groups in total. The number of nitrogens with one attached hydrogen (secondary N) is 1. The summed E-state index contributed by atoms with van der Waals surface area (Å²) in [5.74, 6) is -0.289. The number of rotatable bonds is 3. The maximum absolute atomic E-state index is 11.8. The minimum absolute atomic E-state index is 0.230. The van der Waals surface area contributed by atoms with Crippen LogP contribution < -0.4 is 5.32 Å². The van der Waals surface area contributed by atoms with Gasteiger partial charge in [-0.3, -0.25) is 4.79 Å². The van der Waals surface area contributed by atoms with Gasteiger partial charge >= 0.3 is 0 Å². The number of nitriles is 1. The fraction of sp³-hybridized carbons (Fsp3) is 0.154. The molecule has 1 aromatic carbocycles. The predicted molar refractivity (Wildman–Crippen MR) is 74.0 cm³/mol. The zero-order valence-electron chi connectivity index (χ0n) is 10.2. The number of hydrogen-bond acceptors (Lipinski definition) is 3. The molecule has 96 valence electrons. The molecule has 0 aliphatic heterocycles. The maximum atomic E-state index is 11.8. The number of hydrogen-bond donors (Lipinski definition) is 1. The van der Waals surface area contributed by atoms with E-state index in [4.69, 9.17) is 0 Å². The first-order valence-corrected chi connectivity index (χ1v) is 6.49. The van der Waals surface area contributed by atoms with Gasteiger partial charge in [0.05, 0.1) is 17.4 Å².